The maximum Gasteiger partial charge on any atom is 0.244 e. The van der Waals surface area contributed by atoms with Crippen LogP contribution in [0.2, 0.25) is 10.0 Å². The average molecular weight is 384 g/mol. The van der Waals surface area contributed by atoms with Gasteiger partial charge in [0.2, 0.25) is 5.91 Å². The van der Waals surface area contributed by atoms with Gasteiger partial charge in [0.05, 0.1) is 0 Å². The minimum absolute atomic E-state index is 0.197. The molecule has 0 aliphatic rings. The average Bonchev–Trinajstić information content (AvgIpc) is 2.55. The summed E-state index contributed by atoms with van der Waals surface area (Å²) >= 11 is 13.4. The van der Waals surface area contributed by atoms with Gasteiger partial charge in [0, 0.05) is 34.2 Å². The number of benzene rings is 2. The highest BCUT2D eigenvalue weighted by atomic mass is 35.5. The molecule has 2 aromatic rings. The molecule has 0 bridgehead atoms. The summed E-state index contributed by atoms with van der Waals surface area (Å²) in [5, 5.41) is 3.82. The summed E-state index contributed by atoms with van der Waals surface area (Å²) in [6.45, 7) is 0.511. The third-order valence-corrected chi connectivity index (χ3v) is 4.71. The van der Waals surface area contributed by atoms with E-state index in [0.29, 0.717) is 33.7 Å². The number of thioether (sulfide) groups is 1. The van der Waals surface area contributed by atoms with Crippen LogP contribution in [-0.2, 0) is 10.5 Å². The van der Waals surface area contributed by atoms with Gasteiger partial charge in [-0.3, -0.25) is 4.79 Å². The number of carbonyl (C=O) groups is 1. The van der Waals surface area contributed by atoms with Crippen LogP contribution in [0.15, 0.2) is 48.5 Å². The molecule has 2 nitrogen and oxygen atoms in total. The Hall–Kier alpha value is -1.49. The Morgan fingerprint density at radius 1 is 1.21 bits per heavy atom. The number of hydrogen-bond donors (Lipinski definition) is 1. The Labute approximate surface area is 155 Å². The van der Waals surface area contributed by atoms with Crippen LogP contribution in [0.25, 0.3) is 6.08 Å². The lowest BCUT2D eigenvalue weighted by molar-refractivity contribution is -0.116. The summed E-state index contributed by atoms with van der Waals surface area (Å²) < 4.78 is 13.4. The molecule has 0 heterocycles. The van der Waals surface area contributed by atoms with Crippen LogP contribution in [0.4, 0.5) is 4.39 Å². The Bertz CT molecular complexity index is 737. The van der Waals surface area contributed by atoms with Crippen LogP contribution < -0.4 is 5.32 Å². The lowest BCUT2D eigenvalue weighted by Crippen LogP contribution is -2.23. The van der Waals surface area contributed by atoms with Crippen molar-refractivity contribution in [2.75, 3.05) is 12.3 Å². The first-order valence-corrected chi connectivity index (χ1v) is 9.19. The Balaban J connectivity index is 1.70. The molecule has 2 rings (SSSR count). The summed E-state index contributed by atoms with van der Waals surface area (Å²) in [5.41, 5.74) is 1.40. The Kier molecular flexibility index (Phi) is 7.63. The van der Waals surface area contributed by atoms with Crippen LogP contribution in [0, 0.1) is 5.82 Å². The van der Waals surface area contributed by atoms with Crippen molar-refractivity contribution in [3.8, 4) is 0 Å². The van der Waals surface area contributed by atoms with Crippen LogP contribution in [0.1, 0.15) is 11.1 Å². The van der Waals surface area contributed by atoms with Crippen molar-refractivity contribution in [2.45, 2.75) is 5.75 Å². The van der Waals surface area contributed by atoms with E-state index in [0.717, 1.165) is 5.56 Å². The molecule has 6 heteroatoms. The van der Waals surface area contributed by atoms with E-state index in [-0.39, 0.29) is 11.7 Å². The number of carbonyl (C=O) groups excluding carboxylic acids is 1. The van der Waals surface area contributed by atoms with Gasteiger partial charge in [-0.05, 0) is 35.4 Å². The van der Waals surface area contributed by atoms with Crippen LogP contribution in [0.5, 0.6) is 0 Å². The molecule has 0 saturated heterocycles. The quantitative estimate of drug-likeness (QED) is 0.526. The van der Waals surface area contributed by atoms with E-state index in [1.165, 1.54) is 12.1 Å². The predicted octanol–water partition coefficient (Wildman–Crippen LogP) is 5.20. The van der Waals surface area contributed by atoms with Gasteiger partial charge >= 0.3 is 0 Å². The fourth-order valence-electron chi connectivity index (χ4n) is 1.91. The van der Waals surface area contributed by atoms with Gasteiger partial charge in [-0.15, -0.1) is 0 Å². The Morgan fingerprint density at radius 2 is 2.00 bits per heavy atom. The summed E-state index contributed by atoms with van der Waals surface area (Å²) in [4.78, 5) is 11.7. The molecule has 0 saturated carbocycles. The van der Waals surface area contributed by atoms with E-state index >= 15 is 0 Å². The molecule has 0 aliphatic heterocycles. The summed E-state index contributed by atoms with van der Waals surface area (Å²) in [7, 11) is 0. The monoisotopic (exact) mass is 383 g/mol. The molecule has 1 N–H and O–H groups in total. The zero-order valence-electron chi connectivity index (χ0n) is 12.8. The van der Waals surface area contributed by atoms with Crippen molar-refractivity contribution >= 4 is 46.9 Å². The molecular formula is C18H16Cl2FNOS. The molecule has 126 valence electrons. The molecule has 0 fully saturated rings. The smallest absolute Gasteiger partial charge is 0.244 e. The fourth-order valence-corrected chi connectivity index (χ4v) is 3.22. The topological polar surface area (TPSA) is 29.1 Å². The zero-order valence-corrected chi connectivity index (χ0v) is 15.1. The number of halogens is 3. The largest absolute Gasteiger partial charge is 0.352 e. The van der Waals surface area contributed by atoms with E-state index in [9.17, 15) is 9.18 Å². The number of rotatable bonds is 7. The molecule has 0 radical (unpaired) electrons. The first-order chi connectivity index (χ1) is 11.6. The van der Waals surface area contributed by atoms with E-state index in [2.05, 4.69) is 5.32 Å². The van der Waals surface area contributed by atoms with Crippen molar-refractivity contribution in [1.29, 1.82) is 0 Å². The van der Waals surface area contributed by atoms with E-state index in [1.54, 1.807) is 48.2 Å². The third-order valence-electron chi connectivity index (χ3n) is 3.14. The SMILES string of the molecule is O=C(/C=C/c1ccc(Cl)cc1Cl)NCCSCc1ccccc1F. The predicted molar refractivity (Wildman–Crippen MR) is 101 cm³/mol. The lowest BCUT2D eigenvalue weighted by atomic mass is 10.2. The number of amides is 1. The van der Waals surface area contributed by atoms with Crippen molar-refractivity contribution in [1.82, 2.24) is 5.32 Å². The second-order valence-electron chi connectivity index (χ2n) is 4.93. The molecule has 0 unspecified atom stereocenters. The van der Waals surface area contributed by atoms with Crippen molar-refractivity contribution < 1.29 is 9.18 Å². The number of nitrogens with one attached hydrogen (secondary N) is 1. The van der Waals surface area contributed by atoms with Crippen LogP contribution in [-0.4, -0.2) is 18.2 Å². The fraction of sp³-hybridized carbons (Fsp3) is 0.167. The van der Waals surface area contributed by atoms with Gasteiger partial charge in [0.15, 0.2) is 0 Å². The molecule has 0 spiro atoms. The van der Waals surface area contributed by atoms with Gasteiger partial charge < -0.3 is 5.32 Å². The van der Waals surface area contributed by atoms with E-state index in [4.69, 9.17) is 23.2 Å². The zero-order chi connectivity index (χ0) is 17.4. The maximum absolute atomic E-state index is 13.4. The van der Waals surface area contributed by atoms with Gasteiger partial charge in [-0.2, -0.15) is 11.8 Å². The van der Waals surface area contributed by atoms with E-state index in [1.807, 2.05) is 6.07 Å². The second-order valence-corrected chi connectivity index (χ2v) is 6.88. The van der Waals surface area contributed by atoms with Crippen molar-refractivity contribution in [3.05, 3.63) is 75.5 Å². The first-order valence-electron chi connectivity index (χ1n) is 7.28. The van der Waals surface area contributed by atoms with E-state index < -0.39 is 0 Å². The summed E-state index contributed by atoms with van der Waals surface area (Å²) in [6.07, 6.45) is 3.07. The van der Waals surface area contributed by atoms with Gasteiger partial charge in [0.25, 0.3) is 0 Å². The molecule has 24 heavy (non-hydrogen) atoms. The standard InChI is InChI=1S/C18H16Cl2FNOS/c19-15-7-5-13(16(20)11-15)6-8-18(23)22-9-10-24-12-14-3-1-2-4-17(14)21/h1-8,11H,9-10,12H2,(H,22,23)/b8-6+. The lowest BCUT2D eigenvalue weighted by Gasteiger charge is -2.04. The van der Waals surface area contributed by atoms with Gasteiger partial charge in [0.1, 0.15) is 5.82 Å². The molecule has 0 aliphatic carbocycles. The highest BCUT2D eigenvalue weighted by Crippen LogP contribution is 2.21. The van der Waals surface area contributed by atoms with Crippen LogP contribution in [0.3, 0.4) is 0 Å². The highest BCUT2D eigenvalue weighted by Gasteiger charge is 2.02. The minimum Gasteiger partial charge on any atom is -0.352 e. The van der Waals surface area contributed by atoms with Crippen molar-refractivity contribution in [3.63, 3.8) is 0 Å². The van der Waals surface area contributed by atoms with Gasteiger partial charge in [-0.25, -0.2) is 4.39 Å². The van der Waals surface area contributed by atoms with Gasteiger partial charge in [-0.1, -0.05) is 47.5 Å². The maximum atomic E-state index is 13.4. The number of hydrogen-bond acceptors (Lipinski definition) is 2. The molecule has 0 aromatic heterocycles. The van der Waals surface area contributed by atoms with Crippen molar-refractivity contribution in [2.24, 2.45) is 0 Å². The summed E-state index contributed by atoms with van der Waals surface area (Å²) in [6, 6.07) is 11.8. The highest BCUT2D eigenvalue weighted by molar-refractivity contribution is 7.98. The molecule has 2 aromatic carbocycles. The third kappa shape index (κ3) is 6.19. The molecule has 1 amide bonds. The second kappa shape index (κ2) is 9.72. The normalized spacial score (nSPS) is 11.0. The Morgan fingerprint density at radius 3 is 2.75 bits per heavy atom. The molecular weight excluding hydrogens is 368 g/mol. The van der Waals surface area contributed by atoms with Crippen LogP contribution >= 0.6 is 35.0 Å². The molecule has 0 atom stereocenters. The minimum atomic E-state index is -0.201. The first kappa shape index (κ1) is 18.8. The summed E-state index contributed by atoms with van der Waals surface area (Å²) in [5.74, 6) is 0.887.